The highest BCUT2D eigenvalue weighted by Crippen LogP contribution is 2.30. The van der Waals surface area contributed by atoms with Crippen LogP contribution in [-0.2, 0) is 0 Å². The van der Waals surface area contributed by atoms with Gasteiger partial charge in [-0.2, -0.15) is 9.61 Å². The van der Waals surface area contributed by atoms with E-state index < -0.39 is 12.2 Å². The Morgan fingerprint density at radius 1 is 0.900 bits per heavy atom. The zero-order valence-corrected chi connectivity index (χ0v) is 16.7. The Balaban J connectivity index is 1.49. The molecule has 0 aliphatic heterocycles. The number of aliphatic hydroxyl groups is 2. The number of aliphatic hydroxyl groups excluding tert-OH is 2. The molecule has 0 amide bonds. The number of nitrogens with zero attached hydrogens (tertiary/aromatic N) is 3. The van der Waals surface area contributed by atoms with Gasteiger partial charge in [-0.15, -0.1) is 0 Å². The van der Waals surface area contributed by atoms with Gasteiger partial charge in [-0.1, -0.05) is 55.5 Å². The lowest BCUT2D eigenvalue weighted by atomic mass is 10.0. The van der Waals surface area contributed by atoms with Gasteiger partial charge in [0.2, 0.25) is 0 Å². The third-order valence-electron chi connectivity index (χ3n) is 5.93. The van der Waals surface area contributed by atoms with E-state index in [1.54, 1.807) is 10.7 Å². The lowest BCUT2D eigenvalue weighted by Gasteiger charge is -2.19. The summed E-state index contributed by atoms with van der Waals surface area (Å²) in [7, 11) is 0. The van der Waals surface area contributed by atoms with E-state index in [9.17, 15) is 10.2 Å². The summed E-state index contributed by atoms with van der Waals surface area (Å²) in [5.41, 5.74) is 4.86. The van der Waals surface area contributed by atoms with Crippen molar-refractivity contribution in [3.05, 3.63) is 72.9 Å². The van der Waals surface area contributed by atoms with Gasteiger partial charge in [-0.05, 0) is 35.6 Å². The molecule has 1 aliphatic carbocycles. The van der Waals surface area contributed by atoms with Gasteiger partial charge in [0, 0.05) is 17.8 Å². The molecule has 0 bridgehead atoms. The van der Waals surface area contributed by atoms with Crippen LogP contribution in [0.25, 0.3) is 28.0 Å². The van der Waals surface area contributed by atoms with E-state index in [0.717, 1.165) is 33.8 Å². The van der Waals surface area contributed by atoms with Crippen LogP contribution in [0.4, 0.5) is 5.82 Å². The van der Waals surface area contributed by atoms with Crippen LogP contribution in [0.15, 0.2) is 72.9 Å². The highest BCUT2D eigenvalue weighted by Gasteiger charge is 2.39. The normalized spacial score (nSPS) is 23.7. The summed E-state index contributed by atoms with van der Waals surface area (Å²) in [6, 6.07) is 22.1. The minimum absolute atomic E-state index is 0.0451. The Labute approximate surface area is 174 Å². The molecular formula is C24H24N4O2. The zero-order chi connectivity index (χ0) is 20.7. The van der Waals surface area contributed by atoms with Crippen LogP contribution in [0.2, 0.25) is 0 Å². The second kappa shape index (κ2) is 7.55. The smallest absolute Gasteiger partial charge is 0.157 e. The van der Waals surface area contributed by atoms with Crippen LogP contribution in [0.5, 0.6) is 0 Å². The first-order chi connectivity index (χ1) is 14.6. The number of hydrogen-bond acceptors (Lipinski definition) is 5. The molecule has 4 aromatic rings. The van der Waals surface area contributed by atoms with E-state index in [1.165, 1.54) is 0 Å². The molecule has 2 aromatic carbocycles. The summed E-state index contributed by atoms with van der Waals surface area (Å²) in [5, 5.41) is 28.5. The summed E-state index contributed by atoms with van der Waals surface area (Å²) in [6.07, 6.45) is 0.902. The summed E-state index contributed by atoms with van der Waals surface area (Å²) in [5.74, 6) is 0.791. The number of nitrogens with one attached hydrogen (secondary N) is 1. The van der Waals surface area contributed by atoms with Crippen LogP contribution in [-0.4, -0.2) is 43.1 Å². The molecule has 0 saturated heterocycles. The Hall–Kier alpha value is -3.22. The van der Waals surface area contributed by atoms with E-state index in [0.29, 0.717) is 6.42 Å². The molecule has 3 N–H and O–H groups in total. The SMILES string of the molecule is C[C@@H]1C[C@@H](Nc2ccnc3cc(-c4cccc(-c5ccccc5)c4)nn23)[C@H](O)[C@@H]1O. The summed E-state index contributed by atoms with van der Waals surface area (Å²) < 4.78 is 1.76. The average Bonchev–Trinajstić information content (AvgIpc) is 3.32. The highest BCUT2D eigenvalue weighted by molar-refractivity contribution is 5.73. The molecule has 1 fully saturated rings. The molecule has 6 nitrogen and oxygen atoms in total. The first-order valence-corrected chi connectivity index (χ1v) is 10.2. The van der Waals surface area contributed by atoms with Gasteiger partial charge in [0.15, 0.2) is 5.65 Å². The van der Waals surface area contributed by atoms with Crippen LogP contribution >= 0.6 is 0 Å². The maximum absolute atomic E-state index is 10.3. The molecule has 1 saturated carbocycles. The van der Waals surface area contributed by atoms with Gasteiger partial charge >= 0.3 is 0 Å². The molecule has 30 heavy (non-hydrogen) atoms. The number of fused-ring (bicyclic) bond motifs is 1. The Morgan fingerprint density at radius 3 is 2.43 bits per heavy atom. The van der Waals surface area contributed by atoms with Gasteiger partial charge < -0.3 is 15.5 Å². The molecule has 4 atom stereocenters. The molecule has 0 spiro atoms. The maximum atomic E-state index is 10.3. The lowest BCUT2D eigenvalue weighted by Crippen LogP contribution is -2.35. The first kappa shape index (κ1) is 18.8. The maximum Gasteiger partial charge on any atom is 0.157 e. The molecule has 152 valence electrons. The fraction of sp³-hybridized carbons (Fsp3) is 0.250. The molecular weight excluding hydrogens is 376 g/mol. The monoisotopic (exact) mass is 400 g/mol. The number of hydrogen-bond donors (Lipinski definition) is 3. The fourth-order valence-corrected chi connectivity index (χ4v) is 4.22. The Bertz CT molecular complexity index is 1170. The predicted octanol–water partition coefficient (Wildman–Crippen LogP) is 3.61. The molecule has 2 heterocycles. The van der Waals surface area contributed by atoms with Crippen LogP contribution in [0.3, 0.4) is 0 Å². The Morgan fingerprint density at radius 2 is 1.67 bits per heavy atom. The van der Waals surface area contributed by atoms with Crippen molar-refractivity contribution in [3.63, 3.8) is 0 Å². The third kappa shape index (κ3) is 3.34. The predicted molar refractivity (Wildman–Crippen MR) is 117 cm³/mol. The van der Waals surface area contributed by atoms with Crippen molar-refractivity contribution in [1.82, 2.24) is 14.6 Å². The number of benzene rings is 2. The van der Waals surface area contributed by atoms with Crippen LogP contribution in [0.1, 0.15) is 13.3 Å². The molecule has 2 aromatic heterocycles. The van der Waals surface area contributed by atoms with Gasteiger partial charge in [-0.25, -0.2) is 4.98 Å². The van der Waals surface area contributed by atoms with Gasteiger partial charge in [-0.3, -0.25) is 0 Å². The van der Waals surface area contributed by atoms with E-state index >= 15 is 0 Å². The van der Waals surface area contributed by atoms with Gasteiger partial charge in [0.25, 0.3) is 0 Å². The quantitative estimate of drug-likeness (QED) is 0.488. The molecule has 0 unspecified atom stereocenters. The van der Waals surface area contributed by atoms with Crippen molar-refractivity contribution < 1.29 is 10.2 Å². The van der Waals surface area contributed by atoms with Crippen LogP contribution < -0.4 is 5.32 Å². The molecule has 5 rings (SSSR count). The standard InChI is InChI=1S/C24H24N4O2/c1-15-12-20(24(30)23(15)29)26-21-10-11-25-22-14-19(27-28(21)22)18-9-5-8-17(13-18)16-6-3-2-4-7-16/h2-11,13-15,20,23-24,26,29-30H,12H2,1H3/t15-,20-,23-,24+/m1/s1. The minimum atomic E-state index is -0.805. The summed E-state index contributed by atoms with van der Waals surface area (Å²) >= 11 is 0. The number of anilines is 1. The van der Waals surface area contributed by atoms with E-state index in [1.807, 2.05) is 49.4 Å². The molecule has 1 aliphatic rings. The van der Waals surface area contributed by atoms with Crippen molar-refractivity contribution in [1.29, 1.82) is 0 Å². The summed E-state index contributed by atoms with van der Waals surface area (Å²) in [6.45, 7) is 1.95. The third-order valence-corrected chi connectivity index (χ3v) is 5.93. The van der Waals surface area contributed by atoms with Crippen molar-refractivity contribution in [3.8, 4) is 22.4 Å². The van der Waals surface area contributed by atoms with E-state index in [4.69, 9.17) is 5.10 Å². The van der Waals surface area contributed by atoms with Crippen molar-refractivity contribution in [2.45, 2.75) is 31.6 Å². The average molecular weight is 400 g/mol. The fourth-order valence-electron chi connectivity index (χ4n) is 4.22. The van der Waals surface area contributed by atoms with E-state index in [2.05, 4.69) is 34.6 Å². The lowest BCUT2D eigenvalue weighted by molar-refractivity contribution is 0.0210. The first-order valence-electron chi connectivity index (χ1n) is 10.2. The Kier molecular flexibility index (Phi) is 4.73. The second-order valence-electron chi connectivity index (χ2n) is 8.02. The number of aromatic nitrogens is 3. The minimum Gasteiger partial charge on any atom is -0.390 e. The summed E-state index contributed by atoms with van der Waals surface area (Å²) in [4.78, 5) is 4.44. The van der Waals surface area contributed by atoms with Gasteiger partial charge in [0.05, 0.1) is 17.8 Å². The topological polar surface area (TPSA) is 82.7 Å². The van der Waals surface area contributed by atoms with Gasteiger partial charge in [0.1, 0.15) is 11.9 Å². The molecule has 6 heteroatoms. The van der Waals surface area contributed by atoms with Crippen LogP contribution in [0, 0.1) is 5.92 Å². The largest absolute Gasteiger partial charge is 0.390 e. The van der Waals surface area contributed by atoms with Crippen molar-refractivity contribution >= 4 is 11.5 Å². The van der Waals surface area contributed by atoms with Crippen molar-refractivity contribution in [2.75, 3.05) is 5.32 Å². The second-order valence-corrected chi connectivity index (χ2v) is 8.02. The van der Waals surface area contributed by atoms with Crippen molar-refractivity contribution in [2.24, 2.45) is 5.92 Å². The van der Waals surface area contributed by atoms with E-state index in [-0.39, 0.29) is 12.0 Å². The highest BCUT2D eigenvalue weighted by atomic mass is 16.3. The molecule has 0 radical (unpaired) electrons. The zero-order valence-electron chi connectivity index (χ0n) is 16.7. The number of rotatable bonds is 4.